The number of dihydropyridines is 1. The molecule has 0 aromatic heterocycles. The third-order valence-corrected chi connectivity index (χ3v) is 11.2. The van der Waals surface area contributed by atoms with Crippen molar-refractivity contribution in [1.29, 1.82) is 0 Å². The maximum atomic E-state index is 13.3. The van der Waals surface area contributed by atoms with Crippen LogP contribution < -0.4 is 0 Å². The first kappa shape index (κ1) is 32.9. The summed E-state index contributed by atoms with van der Waals surface area (Å²) in [6.07, 6.45) is 29.0. The summed E-state index contributed by atoms with van der Waals surface area (Å²) in [5, 5.41) is 0. The molecule has 1 heterocycles. The molecule has 2 heteroatoms. The third kappa shape index (κ3) is 9.03. The smallest absolute Gasteiger partial charge is 0.133 e. The summed E-state index contributed by atoms with van der Waals surface area (Å²) in [6.45, 7) is 16.1. The fourth-order valence-electron chi connectivity index (χ4n) is 8.07. The van der Waals surface area contributed by atoms with E-state index in [-0.39, 0.29) is 6.04 Å². The van der Waals surface area contributed by atoms with E-state index in [0.717, 1.165) is 50.4 Å². The molecule has 0 amide bonds. The molecule has 0 bridgehead atoms. The zero-order valence-corrected chi connectivity index (χ0v) is 27.9. The number of aliphatic imine (C=N–C) groups is 1. The summed E-state index contributed by atoms with van der Waals surface area (Å²) in [7, 11) is 0. The van der Waals surface area contributed by atoms with E-state index in [2.05, 4.69) is 58.9 Å². The normalized spacial score (nSPS) is 29.6. The van der Waals surface area contributed by atoms with Crippen LogP contribution in [-0.2, 0) is 4.79 Å². The monoisotopic (exact) mass is 571 g/mol. The number of hydrogen-bond donors (Lipinski definition) is 0. The van der Waals surface area contributed by atoms with Gasteiger partial charge >= 0.3 is 0 Å². The van der Waals surface area contributed by atoms with Crippen LogP contribution >= 0.6 is 0 Å². The molecule has 4 rings (SSSR count). The number of nitrogens with zero attached hydrogens (tertiary/aromatic N) is 1. The summed E-state index contributed by atoms with van der Waals surface area (Å²) in [4.78, 5) is 18.6. The van der Waals surface area contributed by atoms with E-state index in [0.29, 0.717) is 30.0 Å². The lowest BCUT2D eigenvalue weighted by Gasteiger charge is -2.36. The largest absolute Gasteiger partial charge is 0.300 e. The third-order valence-electron chi connectivity index (χ3n) is 11.2. The van der Waals surface area contributed by atoms with Crippen LogP contribution in [0.4, 0.5) is 0 Å². The van der Waals surface area contributed by atoms with Gasteiger partial charge in [0.15, 0.2) is 0 Å². The lowest BCUT2D eigenvalue weighted by molar-refractivity contribution is -0.119. The highest BCUT2D eigenvalue weighted by Gasteiger charge is 2.33. The van der Waals surface area contributed by atoms with Gasteiger partial charge in [0.25, 0.3) is 0 Å². The number of rotatable bonds is 12. The Kier molecular flexibility index (Phi) is 12.7. The van der Waals surface area contributed by atoms with E-state index in [1.807, 2.05) is 0 Å². The highest BCUT2D eigenvalue weighted by Crippen LogP contribution is 2.43. The molecule has 4 aliphatic rings. The van der Waals surface area contributed by atoms with Crippen LogP contribution in [0.25, 0.3) is 0 Å². The van der Waals surface area contributed by atoms with E-state index in [1.54, 1.807) is 5.57 Å². The maximum absolute atomic E-state index is 13.3. The minimum Gasteiger partial charge on any atom is -0.300 e. The van der Waals surface area contributed by atoms with Gasteiger partial charge in [-0.1, -0.05) is 81.6 Å². The summed E-state index contributed by atoms with van der Waals surface area (Å²) < 4.78 is 0. The summed E-state index contributed by atoms with van der Waals surface area (Å²) in [5.41, 5.74) is 8.42. The van der Waals surface area contributed by atoms with E-state index in [1.165, 1.54) is 92.2 Å². The maximum Gasteiger partial charge on any atom is 0.133 e. The Bertz CT molecular complexity index is 1090. The van der Waals surface area contributed by atoms with Gasteiger partial charge in [-0.2, -0.15) is 0 Å². The molecule has 0 N–H and O–H groups in total. The molecular formula is C40H61NO. The van der Waals surface area contributed by atoms with Crippen molar-refractivity contribution in [3.63, 3.8) is 0 Å². The minimum absolute atomic E-state index is 0.288. The predicted molar refractivity (Wildman–Crippen MR) is 182 cm³/mol. The number of allylic oxidation sites excluding steroid dienone is 8. The number of ketones is 1. The first-order chi connectivity index (χ1) is 20.3. The molecule has 2 saturated carbocycles. The van der Waals surface area contributed by atoms with Crippen LogP contribution in [0, 0.1) is 29.6 Å². The van der Waals surface area contributed by atoms with Crippen molar-refractivity contribution in [1.82, 2.24) is 0 Å². The van der Waals surface area contributed by atoms with Crippen LogP contribution in [0.15, 0.2) is 63.7 Å². The first-order valence-corrected chi connectivity index (χ1v) is 17.7. The quantitative estimate of drug-likeness (QED) is 0.214. The topological polar surface area (TPSA) is 29.4 Å². The molecule has 0 aromatic carbocycles. The van der Waals surface area contributed by atoms with Crippen molar-refractivity contribution in [2.45, 2.75) is 150 Å². The second-order valence-electron chi connectivity index (χ2n) is 14.5. The van der Waals surface area contributed by atoms with Gasteiger partial charge in [-0.3, -0.25) is 9.79 Å². The average Bonchev–Trinajstić information content (AvgIpc) is 3.45. The summed E-state index contributed by atoms with van der Waals surface area (Å²) in [6, 6.07) is 0.288. The highest BCUT2D eigenvalue weighted by atomic mass is 16.1. The molecule has 2 fully saturated rings. The lowest BCUT2D eigenvalue weighted by atomic mass is 9.71. The van der Waals surface area contributed by atoms with Crippen molar-refractivity contribution in [3.05, 3.63) is 58.7 Å². The van der Waals surface area contributed by atoms with Crippen molar-refractivity contribution in [2.24, 2.45) is 34.6 Å². The van der Waals surface area contributed by atoms with Gasteiger partial charge in [-0.25, -0.2) is 0 Å². The van der Waals surface area contributed by atoms with Gasteiger partial charge in [-0.15, -0.1) is 0 Å². The van der Waals surface area contributed by atoms with Gasteiger partial charge < -0.3 is 0 Å². The van der Waals surface area contributed by atoms with Crippen LogP contribution in [0.5, 0.6) is 0 Å². The summed E-state index contributed by atoms with van der Waals surface area (Å²) in [5.74, 6) is 3.73. The Hall–Kier alpha value is -1.96. The highest BCUT2D eigenvalue weighted by molar-refractivity contribution is 6.07. The van der Waals surface area contributed by atoms with Crippen molar-refractivity contribution in [3.8, 4) is 0 Å². The molecule has 42 heavy (non-hydrogen) atoms. The predicted octanol–water partition coefficient (Wildman–Crippen LogP) is 11.5. The van der Waals surface area contributed by atoms with Crippen LogP contribution in [-0.4, -0.2) is 17.5 Å². The van der Waals surface area contributed by atoms with Gasteiger partial charge in [0.1, 0.15) is 5.78 Å². The lowest BCUT2D eigenvalue weighted by Crippen LogP contribution is -2.29. The van der Waals surface area contributed by atoms with Crippen molar-refractivity contribution >= 4 is 11.5 Å². The van der Waals surface area contributed by atoms with Gasteiger partial charge in [0.2, 0.25) is 0 Å². The van der Waals surface area contributed by atoms with Crippen LogP contribution in [0.1, 0.15) is 144 Å². The van der Waals surface area contributed by atoms with E-state index in [4.69, 9.17) is 11.6 Å². The number of hydrogen-bond acceptors (Lipinski definition) is 2. The van der Waals surface area contributed by atoms with Gasteiger partial charge in [0.05, 0.1) is 6.04 Å². The molecule has 0 radical (unpaired) electrons. The molecule has 2 nitrogen and oxygen atoms in total. The second kappa shape index (κ2) is 16.2. The van der Waals surface area contributed by atoms with Crippen molar-refractivity contribution in [2.75, 3.05) is 0 Å². The second-order valence-corrected chi connectivity index (χ2v) is 14.5. The molecule has 5 atom stereocenters. The molecule has 232 valence electrons. The number of Topliss-reactive ketones (excluding diaryl/α,β-unsaturated/α-hetero) is 1. The van der Waals surface area contributed by atoms with Gasteiger partial charge in [0, 0.05) is 30.0 Å². The van der Waals surface area contributed by atoms with Gasteiger partial charge in [-0.05, 0) is 126 Å². The molecule has 0 spiro atoms. The van der Waals surface area contributed by atoms with Crippen LogP contribution in [0.3, 0.4) is 0 Å². The molecular weight excluding hydrogens is 510 g/mol. The Morgan fingerprint density at radius 2 is 1.76 bits per heavy atom. The molecule has 0 aromatic rings. The fourth-order valence-corrected chi connectivity index (χ4v) is 8.07. The number of carbonyl (C=O) groups is 1. The molecule has 3 aliphatic carbocycles. The van der Waals surface area contributed by atoms with E-state index >= 15 is 0 Å². The molecule has 5 unspecified atom stereocenters. The zero-order chi connectivity index (χ0) is 30.1. The summed E-state index contributed by atoms with van der Waals surface area (Å²) >= 11 is 0. The van der Waals surface area contributed by atoms with Crippen molar-refractivity contribution < 1.29 is 4.79 Å². The Morgan fingerprint density at radius 1 is 1.00 bits per heavy atom. The fraction of sp³-hybridized carbons (Fsp3) is 0.700. The standard InChI is InChI=1S/C40H61NO/c1-7-28(2)14-11-12-16-33-20-21-34(27-33)22-23-36(42)24-25-39-40-37(31(5)35-17-9-8-10-18-35)19-13-15-29(3)26-38(40)30(4)32(6)41-39/h7,11-12,19,29-30,32-35H,5,8-10,13-18,20-27H2,1-4,6H3. The zero-order valence-electron chi connectivity index (χ0n) is 27.9. The number of carbonyl (C=O) groups excluding carboxylic acids is 1. The van der Waals surface area contributed by atoms with E-state index in [9.17, 15) is 4.79 Å². The SMILES string of the molecule is C=C(C1=CCCC(C)CC2=C1C(CCC(=O)CCC1CCC(CC=CCC(C)=CC)C1)=NC(C)C2C)C1CCCCC1. The molecule has 1 aliphatic heterocycles. The Labute approximate surface area is 259 Å². The molecule has 0 saturated heterocycles. The Balaban J connectivity index is 1.36. The minimum atomic E-state index is 0.288. The van der Waals surface area contributed by atoms with Crippen LogP contribution in [0.2, 0.25) is 0 Å². The average molecular weight is 572 g/mol. The first-order valence-electron chi connectivity index (χ1n) is 17.7. The van der Waals surface area contributed by atoms with E-state index < -0.39 is 0 Å². The Morgan fingerprint density at radius 3 is 2.52 bits per heavy atom.